The van der Waals surface area contributed by atoms with Crippen molar-refractivity contribution in [2.75, 3.05) is 6.54 Å². The van der Waals surface area contributed by atoms with Gasteiger partial charge >= 0.3 is 6.03 Å². The number of amides is 4. The Bertz CT molecular complexity index is 1070. The average Bonchev–Trinajstić information content (AvgIpc) is 3.39. The summed E-state index contributed by atoms with van der Waals surface area (Å²) in [7, 11) is 0. The van der Waals surface area contributed by atoms with Crippen molar-refractivity contribution in [2.24, 2.45) is 0 Å². The zero-order valence-corrected chi connectivity index (χ0v) is 16.9. The Hall–Kier alpha value is -3.91. The number of rotatable bonds is 7. The molecule has 0 bridgehead atoms. The van der Waals surface area contributed by atoms with Gasteiger partial charge in [0, 0.05) is 5.56 Å². The second-order valence-corrected chi connectivity index (χ2v) is 7.44. The number of benzene rings is 2. The van der Waals surface area contributed by atoms with E-state index in [4.69, 9.17) is 4.42 Å². The minimum atomic E-state index is -1.24. The molecule has 1 aliphatic heterocycles. The molecule has 31 heavy (non-hydrogen) atoms. The number of urea groups is 1. The van der Waals surface area contributed by atoms with Gasteiger partial charge in [-0.25, -0.2) is 4.79 Å². The van der Waals surface area contributed by atoms with E-state index in [1.54, 1.807) is 48.8 Å². The summed E-state index contributed by atoms with van der Waals surface area (Å²) in [5, 5.41) is 5.20. The number of nitrogens with zero attached hydrogens (tertiary/aromatic N) is 1. The van der Waals surface area contributed by atoms with Gasteiger partial charge in [-0.3, -0.25) is 15.0 Å². The number of hydrazine groups is 1. The van der Waals surface area contributed by atoms with Crippen LogP contribution in [-0.2, 0) is 15.1 Å². The van der Waals surface area contributed by atoms with Crippen molar-refractivity contribution in [1.29, 1.82) is 0 Å². The lowest BCUT2D eigenvalue weighted by Crippen LogP contribution is -2.88. The summed E-state index contributed by atoms with van der Waals surface area (Å²) in [5.74, 6) is -0.318. The van der Waals surface area contributed by atoms with Crippen molar-refractivity contribution in [2.45, 2.75) is 18.5 Å². The molecule has 4 N–H and O–H groups in total. The molecule has 158 valence electrons. The zero-order valence-electron chi connectivity index (χ0n) is 16.9. The minimum Gasteiger partial charge on any atom is -0.463 e. The summed E-state index contributed by atoms with van der Waals surface area (Å²) in [6, 6.07) is 21.3. The van der Waals surface area contributed by atoms with E-state index in [1.807, 2.05) is 42.5 Å². The molecule has 0 unspecified atom stereocenters. The molecule has 2 heterocycles. The zero-order chi connectivity index (χ0) is 21.8. The molecule has 1 fully saturated rings. The van der Waals surface area contributed by atoms with Crippen molar-refractivity contribution in [3.05, 3.63) is 95.9 Å². The van der Waals surface area contributed by atoms with E-state index < -0.39 is 23.4 Å². The fraction of sp³-hybridized carbons (Fsp3) is 0.174. The Morgan fingerprint density at radius 2 is 1.74 bits per heavy atom. The summed E-state index contributed by atoms with van der Waals surface area (Å²) in [6.07, 6.45) is 1.58. The second kappa shape index (κ2) is 8.45. The van der Waals surface area contributed by atoms with Crippen molar-refractivity contribution in [3.8, 4) is 0 Å². The smallest absolute Gasteiger partial charge is 0.344 e. The highest BCUT2D eigenvalue weighted by Crippen LogP contribution is 2.27. The van der Waals surface area contributed by atoms with E-state index in [0.29, 0.717) is 11.3 Å². The molecular formula is C23H23N4O4+. The predicted octanol–water partition coefficient (Wildman–Crippen LogP) is 1.43. The van der Waals surface area contributed by atoms with E-state index in [1.165, 1.54) is 0 Å². The topological polar surface area (TPSA) is 108 Å². The van der Waals surface area contributed by atoms with E-state index in [0.717, 1.165) is 10.6 Å². The Balaban J connectivity index is 1.44. The molecule has 0 radical (unpaired) electrons. The largest absolute Gasteiger partial charge is 0.463 e. The predicted molar refractivity (Wildman–Crippen MR) is 111 cm³/mol. The van der Waals surface area contributed by atoms with Gasteiger partial charge in [0.2, 0.25) is 0 Å². The maximum absolute atomic E-state index is 12.9. The van der Waals surface area contributed by atoms with Gasteiger partial charge in [0.05, 0.1) is 6.26 Å². The Kier molecular flexibility index (Phi) is 5.55. The highest BCUT2D eigenvalue weighted by atomic mass is 16.3. The van der Waals surface area contributed by atoms with E-state index in [2.05, 4.69) is 10.7 Å². The molecule has 8 heteroatoms. The van der Waals surface area contributed by atoms with Gasteiger partial charge in [-0.05, 0) is 24.6 Å². The van der Waals surface area contributed by atoms with E-state index >= 15 is 0 Å². The summed E-state index contributed by atoms with van der Waals surface area (Å²) in [4.78, 5) is 37.9. The Morgan fingerprint density at radius 1 is 1.06 bits per heavy atom. The lowest BCUT2D eigenvalue weighted by molar-refractivity contribution is -0.678. The fourth-order valence-corrected chi connectivity index (χ4v) is 3.65. The maximum Gasteiger partial charge on any atom is 0.344 e. The first-order valence-corrected chi connectivity index (χ1v) is 9.92. The van der Waals surface area contributed by atoms with Gasteiger partial charge < -0.3 is 15.1 Å². The average molecular weight is 419 g/mol. The van der Waals surface area contributed by atoms with Crippen LogP contribution in [0.15, 0.2) is 83.5 Å². The minimum absolute atomic E-state index is 0.0145. The van der Waals surface area contributed by atoms with Crippen molar-refractivity contribution in [1.82, 2.24) is 15.8 Å². The van der Waals surface area contributed by atoms with Gasteiger partial charge in [-0.1, -0.05) is 60.7 Å². The van der Waals surface area contributed by atoms with E-state index in [9.17, 15) is 14.4 Å². The molecule has 1 aromatic heterocycles. The molecule has 3 aromatic rings. The number of imide groups is 1. The van der Waals surface area contributed by atoms with E-state index in [-0.39, 0.29) is 12.6 Å². The number of hydrogen-bond acceptors (Lipinski definition) is 4. The Morgan fingerprint density at radius 3 is 2.39 bits per heavy atom. The molecule has 4 rings (SSSR count). The van der Waals surface area contributed by atoms with Gasteiger partial charge in [-0.15, -0.1) is 0 Å². The van der Waals surface area contributed by atoms with Gasteiger partial charge in [-0.2, -0.15) is 5.01 Å². The van der Waals surface area contributed by atoms with Crippen LogP contribution < -0.4 is 16.1 Å². The normalized spacial score (nSPS) is 19.2. The number of nitrogens with two attached hydrogens (primary N) is 1. The second-order valence-electron chi connectivity index (χ2n) is 7.44. The Labute approximate surface area is 179 Å². The highest BCUT2D eigenvalue weighted by Gasteiger charge is 2.50. The van der Waals surface area contributed by atoms with Crippen LogP contribution in [0.3, 0.4) is 0 Å². The summed E-state index contributed by atoms with van der Waals surface area (Å²) >= 11 is 0. The summed E-state index contributed by atoms with van der Waals surface area (Å²) in [5.41, 5.74) is 2.79. The number of quaternary nitrogens is 1. The maximum atomic E-state index is 12.9. The monoisotopic (exact) mass is 419 g/mol. The number of carbonyl (C=O) groups is 3. The molecule has 0 spiro atoms. The molecule has 1 saturated heterocycles. The van der Waals surface area contributed by atoms with Crippen LogP contribution in [0, 0.1) is 0 Å². The van der Waals surface area contributed by atoms with Crippen LogP contribution in [0.2, 0.25) is 0 Å². The first-order valence-electron chi connectivity index (χ1n) is 9.92. The van der Waals surface area contributed by atoms with Gasteiger partial charge in [0.15, 0.2) is 18.3 Å². The van der Waals surface area contributed by atoms with Crippen molar-refractivity contribution in [3.63, 3.8) is 0 Å². The van der Waals surface area contributed by atoms with Crippen LogP contribution >= 0.6 is 0 Å². The SMILES string of the molecule is C[C@]1(c2ccccc2)NC(=O)N(NC(=O)C[NH2+][C@H](c2ccccc2)c2ccco2)C1=O. The number of furan rings is 1. The van der Waals surface area contributed by atoms with Crippen LogP contribution in [0.25, 0.3) is 0 Å². The number of hydrogen-bond donors (Lipinski definition) is 3. The highest BCUT2D eigenvalue weighted by molar-refractivity contribution is 6.08. The van der Waals surface area contributed by atoms with Crippen LogP contribution in [0.5, 0.6) is 0 Å². The van der Waals surface area contributed by atoms with Gasteiger partial charge in [0.1, 0.15) is 5.54 Å². The molecule has 0 aliphatic carbocycles. The molecular weight excluding hydrogens is 396 g/mol. The third-order valence-corrected chi connectivity index (χ3v) is 5.33. The fourth-order valence-electron chi connectivity index (χ4n) is 3.65. The van der Waals surface area contributed by atoms with Crippen molar-refractivity contribution >= 4 is 17.8 Å². The summed E-state index contributed by atoms with van der Waals surface area (Å²) in [6.45, 7) is 1.60. The number of carbonyl (C=O) groups excluding carboxylic acids is 3. The number of nitrogens with one attached hydrogen (secondary N) is 2. The van der Waals surface area contributed by atoms with Crippen molar-refractivity contribution < 1.29 is 24.1 Å². The van der Waals surface area contributed by atoms with Crippen LogP contribution in [0.1, 0.15) is 29.9 Å². The molecule has 4 amide bonds. The third-order valence-electron chi connectivity index (χ3n) is 5.33. The molecule has 2 atom stereocenters. The first-order chi connectivity index (χ1) is 15.0. The standard InChI is InChI=1S/C23H22N4O4/c1-23(17-11-6-3-7-12-17)21(29)27(22(30)25-23)26-19(28)15-24-20(18-13-8-14-31-18)16-9-4-2-5-10-16/h2-14,20,24H,15H2,1H3,(H,25,30)(H,26,28)/p+1/t20-,23-/m1/s1. The lowest BCUT2D eigenvalue weighted by Gasteiger charge is -2.22. The molecule has 1 aliphatic rings. The van der Waals surface area contributed by atoms with Crippen LogP contribution in [-0.4, -0.2) is 29.4 Å². The third kappa shape index (κ3) is 4.06. The lowest BCUT2D eigenvalue weighted by atomic mass is 9.92. The van der Waals surface area contributed by atoms with Crippen LogP contribution in [0.4, 0.5) is 4.79 Å². The molecule has 0 saturated carbocycles. The summed E-state index contributed by atoms with van der Waals surface area (Å²) < 4.78 is 5.53. The molecule has 8 nitrogen and oxygen atoms in total. The molecule has 2 aromatic carbocycles. The quantitative estimate of drug-likeness (QED) is 0.504. The van der Waals surface area contributed by atoms with Gasteiger partial charge in [0.25, 0.3) is 11.8 Å². The first kappa shape index (κ1) is 20.4.